The summed E-state index contributed by atoms with van der Waals surface area (Å²) in [6.45, 7) is 20.2. The minimum Gasteiger partial charge on any atom is -0.458 e. The molecular formula is C28H46N2O8. The SMILES string of the molecule is CC(C)C.CC(C)CC(ONC(=O)c1cccc(C(=O)NOCC(=O)OC(C)(C)C)c1)C(=O)OC(C)(C)C. The van der Waals surface area contributed by atoms with E-state index in [4.69, 9.17) is 19.1 Å². The van der Waals surface area contributed by atoms with Gasteiger partial charge in [-0.15, -0.1) is 0 Å². The molecule has 10 nitrogen and oxygen atoms in total. The zero-order valence-corrected chi connectivity index (χ0v) is 24.7. The fourth-order valence-electron chi connectivity index (χ4n) is 2.56. The molecule has 0 aliphatic rings. The Labute approximate surface area is 227 Å². The molecule has 0 saturated carbocycles. The summed E-state index contributed by atoms with van der Waals surface area (Å²) < 4.78 is 10.4. The minimum atomic E-state index is -0.990. The molecule has 0 heterocycles. The van der Waals surface area contributed by atoms with Crippen molar-refractivity contribution in [3.63, 3.8) is 0 Å². The van der Waals surface area contributed by atoms with E-state index >= 15 is 0 Å². The van der Waals surface area contributed by atoms with Gasteiger partial charge >= 0.3 is 11.9 Å². The molecule has 1 rings (SSSR count). The fourth-order valence-corrected chi connectivity index (χ4v) is 2.56. The number of ether oxygens (including phenoxy) is 2. The molecule has 2 N–H and O–H groups in total. The summed E-state index contributed by atoms with van der Waals surface area (Å²) in [6, 6.07) is 5.75. The van der Waals surface area contributed by atoms with Crippen molar-refractivity contribution < 1.29 is 38.3 Å². The highest BCUT2D eigenvalue weighted by Crippen LogP contribution is 2.15. The molecule has 0 radical (unpaired) electrons. The van der Waals surface area contributed by atoms with Crippen molar-refractivity contribution in [3.8, 4) is 0 Å². The lowest BCUT2D eigenvalue weighted by Gasteiger charge is -2.24. The van der Waals surface area contributed by atoms with E-state index in [1.807, 2.05) is 13.8 Å². The quantitative estimate of drug-likeness (QED) is 0.322. The van der Waals surface area contributed by atoms with Crippen molar-refractivity contribution in [1.29, 1.82) is 0 Å². The zero-order chi connectivity index (χ0) is 29.7. The highest BCUT2D eigenvalue weighted by atomic mass is 16.7. The Balaban J connectivity index is 0.00000318. The van der Waals surface area contributed by atoms with Crippen molar-refractivity contribution in [3.05, 3.63) is 35.4 Å². The molecule has 0 fully saturated rings. The third-order valence-corrected chi connectivity index (χ3v) is 3.81. The topological polar surface area (TPSA) is 129 Å². The average Bonchev–Trinajstić information content (AvgIpc) is 2.73. The summed E-state index contributed by atoms with van der Waals surface area (Å²) in [7, 11) is 0. The number of hydrogen-bond donors (Lipinski definition) is 2. The summed E-state index contributed by atoms with van der Waals surface area (Å²) in [5.41, 5.74) is 3.23. The highest BCUT2D eigenvalue weighted by molar-refractivity contribution is 5.99. The van der Waals surface area contributed by atoms with Crippen LogP contribution in [-0.4, -0.2) is 47.7 Å². The van der Waals surface area contributed by atoms with Gasteiger partial charge in [-0.2, -0.15) is 0 Å². The van der Waals surface area contributed by atoms with Crippen LogP contribution in [-0.2, 0) is 28.7 Å². The first-order valence-corrected chi connectivity index (χ1v) is 12.7. The molecule has 2 amide bonds. The van der Waals surface area contributed by atoms with Gasteiger partial charge in [-0.05, 0) is 78.0 Å². The largest absolute Gasteiger partial charge is 0.458 e. The summed E-state index contributed by atoms with van der Waals surface area (Å²) in [5, 5.41) is 0. The molecule has 0 aromatic heterocycles. The predicted molar refractivity (Wildman–Crippen MR) is 144 cm³/mol. The van der Waals surface area contributed by atoms with Crippen LogP contribution in [0.3, 0.4) is 0 Å². The van der Waals surface area contributed by atoms with Crippen LogP contribution in [0.5, 0.6) is 0 Å². The molecule has 0 bridgehead atoms. The Morgan fingerprint density at radius 3 is 1.71 bits per heavy atom. The maximum atomic E-state index is 12.5. The van der Waals surface area contributed by atoms with Gasteiger partial charge in [0.2, 0.25) is 0 Å². The summed E-state index contributed by atoms with van der Waals surface area (Å²) in [5.74, 6) is -1.59. The minimum absolute atomic E-state index is 0.113. The smallest absolute Gasteiger partial charge is 0.338 e. The van der Waals surface area contributed by atoms with E-state index in [0.717, 1.165) is 5.92 Å². The average molecular weight is 539 g/mol. The number of hydrogen-bond acceptors (Lipinski definition) is 8. The fraction of sp³-hybridized carbons (Fsp3) is 0.643. The molecule has 1 unspecified atom stereocenters. The third-order valence-electron chi connectivity index (χ3n) is 3.81. The molecule has 1 aromatic carbocycles. The van der Waals surface area contributed by atoms with Gasteiger partial charge in [0.25, 0.3) is 11.8 Å². The predicted octanol–water partition coefficient (Wildman–Crippen LogP) is 4.77. The van der Waals surface area contributed by atoms with E-state index < -0.39 is 47.7 Å². The van der Waals surface area contributed by atoms with Crippen LogP contribution < -0.4 is 11.0 Å². The summed E-state index contributed by atoms with van der Waals surface area (Å²) in [4.78, 5) is 59.1. The van der Waals surface area contributed by atoms with Crippen molar-refractivity contribution in [2.45, 2.75) is 99.9 Å². The number of rotatable bonds is 10. The number of benzene rings is 1. The van der Waals surface area contributed by atoms with E-state index in [0.29, 0.717) is 6.42 Å². The maximum absolute atomic E-state index is 12.5. The lowest BCUT2D eigenvalue weighted by molar-refractivity contribution is -0.173. The van der Waals surface area contributed by atoms with Gasteiger partial charge in [0.05, 0.1) is 0 Å². The number of nitrogens with one attached hydrogen (secondary N) is 2. The van der Waals surface area contributed by atoms with Crippen LogP contribution in [0.25, 0.3) is 0 Å². The van der Waals surface area contributed by atoms with Gasteiger partial charge in [-0.25, -0.2) is 20.5 Å². The molecule has 1 aromatic rings. The Morgan fingerprint density at radius 1 is 0.789 bits per heavy atom. The molecular weight excluding hydrogens is 492 g/mol. The van der Waals surface area contributed by atoms with E-state index in [-0.39, 0.29) is 17.0 Å². The molecule has 0 aliphatic carbocycles. The molecule has 1 atom stereocenters. The third kappa shape index (κ3) is 17.5. The van der Waals surface area contributed by atoms with Crippen LogP contribution in [0.1, 0.15) is 103 Å². The standard InChI is InChI=1S/C24H36N2O8.C4H10/c1-15(2)12-18(22(30)33-24(6,7)8)34-26-21(29)17-11-9-10-16(13-17)20(28)25-31-14-19(27)32-23(3,4)5;1-4(2)3/h9-11,13,15,18H,12,14H2,1-8H3,(H,25,28)(H,26,29);4H,1-3H3. The first-order chi connectivity index (χ1) is 17.3. The molecule has 0 saturated heterocycles. The van der Waals surface area contributed by atoms with Crippen molar-refractivity contribution >= 4 is 23.8 Å². The van der Waals surface area contributed by atoms with Crippen LogP contribution >= 0.6 is 0 Å². The second-order valence-electron chi connectivity index (χ2n) is 11.8. The first-order valence-electron chi connectivity index (χ1n) is 12.7. The van der Waals surface area contributed by atoms with Crippen molar-refractivity contribution in [1.82, 2.24) is 11.0 Å². The van der Waals surface area contributed by atoms with Gasteiger partial charge in [0, 0.05) is 11.1 Å². The molecule has 38 heavy (non-hydrogen) atoms. The lowest BCUT2D eigenvalue weighted by Crippen LogP contribution is -2.39. The maximum Gasteiger partial charge on any atom is 0.338 e. The van der Waals surface area contributed by atoms with Crippen LogP contribution in [0.15, 0.2) is 24.3 Å². The Morgan fingerprint density at radius 2 is 1.26 bits per heavy atom. The second-order valence-corrected chi connectivity index (χ2v) is 11.8. The first kappa shape index (κ1) is 35.0. The van der Waals surface area contributed by atoms with Gasteiger partial charge in [0.15, 0.2) is 12.7 Å². The van der Waals surface area contributed by atoms with Gasteiger partial charge in [-0.1, -0.05) is 40.7 Å². The van der Waals surface area contributed by atoms with Gasteiger partial charge in [0.1, 0.15) is 11.2 Å². The normalized spacial score (nSPS) is 12.2. The number of carbonyl (C=O) groups excluding carboxylic acids is 4. The molecule has 0 aliphatic heterocycles. The lowest BCUT2D eigenvalue weighted by atomic mass is 10.1. The Bertz CT molecular complexity index is 911. The van der Waals surface area contributed by atoms with Crippen molar-refractivity contribution in [2.75, 3.05) is 6.61 Å². The Hall–Kier alpha value is -2.98. The van der Waals surface area contributed by atoms with E-state index in [2.05, 4.69) is 31.7 Å². The van der Waals surface area contributed by atoms with Gasteiger partial charge < -0.3 is 9.47 Å². The van der Waals surface area contributed by atoms with Gasteiger partial charge in [-0.3, -0.25) is 19.3 Å². The summed E-state index contributed by atoms with van der Waals surface area (Å²) >= 11 is 0. The van der Waals surface area contributed by atoms with Crippen LogP contribution in [0, 0.1) is 11.8 Å². The molecule has 10 heteroatoms. The van der Waals surface area contributed by atoms with Crippen molar-refractivity contribution in [2.24, 2.45) is 11.8 Å². The van der Waals surface area contributed by atoms with Crippen LogP contribution in [0.2, 0.25) is 0 Å². The van der Waals surface area contributed by atoms with E-state index in [9.17, 15) is 19.2 Å². The van der Waals surface area contributed by atoms with E-state index in [1.54, 1.807) is 41.5 Å². The summed E-state index contributed by atoms with van der Waals surface area (Å²) in [6.07, 6.45) is -0.650. The molecule has 216 valence electrons. The number of carbonyl (C=O) groups is 4. The number of hydroxylamine groups is 2. The second kappa shape index (κ2) is 16.1. The zero-order valence-electron chi connectivity index (χ0n) is 24.7. The monoisotopic (exact) mass is 538 g/mol. The Kier molecular flexibility index (Phi) is 14.8. The number of esters is 2. The van der Waals surface area contributed by atoms with Crippen LogP contribution in [0.4, 0.5) is 0 Å². The number of amides is 2. The highest BCUT2D eigenvalue weighted by Gasteiger charge is 2.28. The molecule has 0 spiro atoms. The van der Waals surface area contributed by atoms with E-state index in [1.165, 1.54) is 24.3 Å².